The molecule has 1 unspecified atom stereocenters. The van der Waals surface area contributed by atoms with Crippen LogP contribution >= 0.6 is 12.4 Å². The second kappa shape index (κ2) is 9.44. The summed E-state index contributed by atoms with van der Waals surface area (Å²) in [5.41, 5.74) is 6.18. The monoisotopic (exact) mass is 358 g/mol. The number of anilines is 1. The molecule has 0 aliphatic carbocycles. The van der Waals surface area contributed by atoms with E-state index in [-0.39, 0.29) is 42.2 Å². The summed E-state index contributed by atoms with van der Waals surface area (Å²) in [4.78, 5) is 25.6. The number of amides is 3. The Bertz CT molecular complexity index is 546. The van der Waals surface area contributed by atoms with Gasteiger partial charge in [-0.05, 0) is 44.0 Å². The first-order valence-electron chi connectivity index (χ1n) is 7.80. The second-order valence-corrected chi connectivity index (χ2v) is 5.94. The molecule has 0 saturated carbocycles. The molecule has 1 aromatic carbocycles. The van der Waals surface area contributed by atoms with Gasteiger partial charge in [-0.2, -0.15) is 0 Å². The Morgan fingerprint density at radius 2 is 1.88 bits per heavy atom. The number of likely N-dealkylation sites (tertiary alicyclic amines) is 1. The van der Waals surface area contributed by atoms with Gasteiger partial charge in [-0.3, -0.25) is 4.79 Å². The van der Waals surface area contributed by atoms with Gasteiger partial charge >= 0.3 is 6.03 Å². The lowest BCUT2D eigenvalue weighted by Crippen LogP contribution is -2.48. The van der Waals surface area contributed by atoms with E-state index < -0.39 is 0 Å². The number of halogens is 2. The van der Waals surface area contributed by atoms with Gasteiger partial charge in [0.1, 0.15) is 5.82 Å². The molecule has 24 heavy (non-hydrogen) atoms. The van der Waals surface area contributed by atoms with E-state index in [1.165, 1.54) is 24.3 Å². The van der Waals surface area contributed by atoms with Crippen LogP contribution in [0.25, 0.3) is 0 Å². The van der Waals surface area contributed by atoms with Gasteiger partial charge in [0.2, 0.25) is 5.91 Å². The molecule has 0 aromatic heterocycles. The van der Waals surface area contributed by atoms with Gasteiger partial charge in [-0.1, -0.05) is 0 Å². The topological polar surface area (TPSA) is 87.5 Å². The largest absolute Gasteiger partial charge is 0.342 e. The van der Waals surface area contributed by atoms with Gasteiger partial charge in [0.15, 0.2) is 0 Å². The molecule has 134 valence electrons. The molecule has 3 amide bonds. The van der Waals surface area contributed by atoms with E-state index in [0.717, 1.165) is 0 Å². The van der Waals surface area contributed by atoms with Crippen molar-refractivity contribution >= 4 is 30.0 Å². The van der Waals surface area contributed by atoms with E-state index in [4.69, 9.17) is 5.73 Å². The summed E-state index contributed by atoms with van der Waals surface area (Å²) in [7, 11) is 0. The minimum Gasteiger partial charge on any atom is -0.342 e. The maximum Gasteiger partial charge on any atom is 0.319 e. The predicted molar refractivity (Wildman–Crippen MR) is 93.7 cm³/mol. The summed E-state index contributed by atoms with van der Waals surface area (Å²) < 4.78 is 12.8. The van der Waals surface area contributed by atoms with Crippen LogP contribution in [0.3, 0.4) is 0 Å². The first-order valence-corrected chi connectivity index (χ1v) is 7.80. The number of nitrogens with two attached hydrogens (primary N) is 1. The van der Waals surface area contributed by atoms with Crippen LogP contribution in [-0.4, -0.2) is 42.0 Å². The van der Waals surface area contributed by atoms with E-state index in [9.17, 15) is 14.0 Å². The minimum absolute atomic E-state index is 0. The normalized spacial score (nSPS) is 16.0. The Morgan fingerprint density at radius 1 is 1.29 bits per heavy atom. The fourth-order valence-electron chi connectivity index (χ4n) is 2.56. The lowest BCUT2D eigenvalue weighted by molar-refractivity contribution is -0.132. The van der Waals surface area contributed by atoms with Crippen molar-refractivity contribution in [3.05, 3.63) is 30.1 Å². The molecule has 1 aliphatic rings. The Labute approximate surface area is 147 Å². The van der Waals surface area contributed by atoms with Crippen molar-refractivity contribution < 1.29 is 14.0 Å². The SMILES string of the molecule is CC(N)CC(=O)N1CCC(NC(=O)Nc2ccc(F)cc2)CC1.Cl. The molecule has 4 N–H and O–H groups in total. The molecule has 1 heterocycles. The summed E-state index contributed by atoms with van der Waals surface area (Å²) >= 11 is 0. The number of nitrogens with one attached hydrogen (secondary N) is 2. The third-order valence-electron chi connectivity index (χ3n) is 3.78. The van der Waals surface area contributed by atoms with E-state index in [2.05, 4.69) is 10.6 Å². The average Bonchev–Trinajstić information content (AvgIpc) is 2.49. The number of hydrogen-bond donors (Lipinski definition) is 3. The Hall–Kier alpha value is -1.86. The number of carbonyl (C=O) groups excluding carboxylic acids is 2. The average molecular weight is 359 g/mol. The number of nitrogens with zero attached hydrogens (tertiary/aromatic N) is 1. The molecule has 0 bridgehead atoms. The van der Waals surface area contributed by atoms with Crippen molar-refractivity contribution in [2.45, 2.75) is 38.3 Å². The van der Waals surface area contributed by atoms with E-state index >= 15 is 0 Å². The molecule has 1 fully saturated rings. The molecule has 8 heteroatoms. The van der Waals surface area contributed by atoms with Gasteiger partial charge in [0.25, 0.3) is 0 Å². The molecule has 0 spiro atoms. The Balaban J connectivity index is 0.00000288. The van der Waals surface area contributed by atoms with Crippen molar-refractivity contribution in [3.63, 3.8) is 0 Å². The summed E-state index contributed by atoms with van der Waals surface area (Å²) in [6.07, 6.45) is 1.77. The van der Waals surface area contributed by atoms with E-state index in [1.807, 2.05) is 6.92 Å². The zero-order chi connectivity index (χ0) is 16.8. The lowest BCUT2D eigenvalue weighted by atomic mass is 10.0. The Morgan fingerprint density at radius 3 is 2.42 bits per heavy atom. The number of rotatable bonds is 4. The minimum atomic E-state index is -0.347. The summed E-state index contributed by atoms with van der Waals surface area (Å²) in [5, 5.41) is 5.54. The van der Waals surface area contributed by atoms with Crippen LogP contribution in [0.1, 0.15) is 26.2 Å². The molecule has 1 aliphatic heterocycles. The van der Waals surface area contributed by atoms with Crippen molar-refractivity contribution in [1.82, 2.24) is 10.2 Å². The predicted octanol–water partition coefficient (Wildman–Crippen LogP) is 2.10. The zero-order valence-electron chi connectivity index (χ0n) is 13.6. The highest BCUT2D eigenvalue weighted by molar-refractivity contribution is 5.89. The maximum absolute atomic E-state index is 12.8. The quantitative estimate of drug-likeness (QED) is 0.770. The molecule has 6 nitrogen and oxygen atoms in total. The van der Waals surface area contributed by atoms with Crippen molar-refractivity contribution in [3.8, 4) is 0 Å². The van der Waals surface area contributed by atoms with Crippen LogP contribution in [0.2, 0.25) is 0 Å². The van der Waals surface area contributed by atoms with Crippen molar-refractivity contribution in [1.29, 1.82) is 0 Å². The summed E-state index contributed by atoms with van der Waals surface area (Å²) in [5.74, 6) is -0.283. The first-order chi connectivity index (χ1) is 10.9. The molecule has 1 atom stereocenters. The van der Waals surface area contributed by atoms with Gasteiger partial charge in [0, 0.05) is 37.3 Å². The van der Waals surface area contributed by atoms with Gasteiger partial charge in [0.05, 0.1) is 0 Å². The van der Waals surface area contributed by atoms with E-state index in [1.54, 1.807) is 4.90 Å². The van der Waals surface area contributed by atoms with Gasteiger partial charge in [-0.15, -0.1) is 12.4 Å². The number of hydrogen-bond acceptors (Lipinski definition) is 3. The maximum atomic E-state index is 12.8. The number of benzene rings is 1. The van der Waals surface area contributed by atoms with Crippen LogP contribution in [0.4, 0.5) is 14.9 Å². The fourth-order valence-corrected chi connectivity index (χ4v) is 2.56. The van der Waals surface area contributed by atoms with Crippen LogP contribution < -0.4 is 16.4 Å². The standard InChI is InChI=1S/C16H23FN4O2.ClH/c1-11(18)10-15(22)21-8-6-14(7-9-21)20-16(23)19-13-4-2-12(17)3-5-13;/h2-5,11,14H,6-10,18H2,1H3,(H2,19,20,23);1H. The fraction of sp³-hybridized carbons (Fsp3) is 0.500. The number of urea groups is 1. The third kappa shape index (κ3) is 6.33. The second-order valence-electron chi connectivity index (χ2n) is 5.94. The lowest BCUT2D eigenvalue weighted by Gasteiger charge is -2.32. The molecular formula is C16H24ClFN4O2. The summed E-state index contributed by atoms with van der Waals surface area (Å²) in [6.45, 7) is 3.05. The number of piperidine rings is 1. The Kier molecular flexibility index (Phi) is 7.94. The smallest absolute Gasteiger partial charge is 0.319 e. The zero-order valence-corrected chi connectivity index (χ0v) is 14.4. The molecular weight excluding hydrogens is 335 g/mol. The van der Waals surface area contributed by atoms with Crippen LogP contribution in [0.15, 0.2) is 24.3 Å². The highest BCUT2D eigenvalue weighted by atomic mass is 35.5. The molecule has 0 radical (unpaired) electrons. The van der Waals surface area contributed by atoms with Crippen LogP contribution in [0.5, 0.6) is 0 Å². The van der Waals surface area contributed by atoms with Crippen LogP contribution in [-0.2, 0) is 4.79 Å². The van der Waals surface area contributed by atoms with E-state index in [0.29, 0.717) is 38.0 Å². The number of carbonyl (C=O) groups is 2. The van der Waals surface area contributed by atoms with Crippen molar-refractivity contribution in [2.24, 2.45) is 5.73 Å². The van der Waals surface area contributed by atoms with Gasteiger partial charge < -0.3 is 21.3 Å². The molecule has 1 saturated heterocycles. The van der Waals surface area contributed by atoms with Gasteiger partial charge in [-0.25, -0.2) is 9.18 Å². The van der Waals surface area contributed by atoms with Crippen LogP contribution in [0, 0.1) is 5.82 Å². The highest BCUT2D eigenvalue weighted by Gasteiger charge is 2.24. The molecule has 1 aromatic rings. The summed E-state index contributed by atoms with van der Waals surface area (Å²) in [6, 6.07) is 5.15. The highest BCUT2D eigenvalue weighted by Crippen LogP contribution is 2.13. The molecule has 2 rings (SSSR count). The first kappa shape index (κ1) is 20.2. The van der Waals surface area contributed by atoms with Crippen molar-refractivity contribution in [2.75, 3.05) is 18.4 Å². The third-order valence-corrected chi connectivity index (χ3v) is 3.78.